The molecule has 0 amide bonds. The summed E-state index contributed by atoms with van der Waals surface area (Å²) in [6.07, 6.45) is 5.77. The van der Waals surface area contributed by atoms with Crippen LogP contribution in [0.3, 0.4) is 0 Å². The van der Waals surface area contributed by atoms with Crippen LogP contribution in [0.25, 0.3) is 0 Å². The average molecular weight is 579 g/mol. The number of nitrogens with one attached hydrogen (secondary N) is 1. The van der Waals surface area contributed by atoms with E-state index < -0.39 is 0 Å². The molecule has 1 unspecified atom stereocenters. The Morgan fingerprint density at radius 3 is 1.51 bits per heavy atom. The number of rotatable bonds is 4. The Morgan fingerprint density at radius 2 is 1.22 bits per heavy atom. The summed E-state index contributed by atoms with van der Waals surface area (Å²) in [5.41, 5.74) is 1.10. The second kappa shape index (κ2) is 17.3. The number of aromatic amines is 1. The van der Waals surface area contributed by atoms with E-state index in [9.17, 15) is 9.59 Å². The lowest BCUT2D eigenvalue weighted by Gasteiger charge is -2.13. The van der Waals surface area contributed by atoms with Gasteiger partial charge in [-0.2, -0.15) is 5.10 Å². The number of ether oxygens (including phenoxy) is 3. The van der Waals surface area contributed by atoms with Gasteiger partial charge in [0.25, 0.3) is 0 Å². The molecular weight excluding hydrogens is 516 g/mol. The maximum atomic E-state index is 11.5. The Labute approximate surface area is 252 Å². The topological polar surface area (TPSA) is 90.5 Å². The van der Waals surface area contributed by atoms with E-state index in [1.165, 1.54) is 0 Å². The van der Waals surface area contributed by atoms with Crippen molar-refractivity contribution in [3.8, 4) is 0 Å². The molecule has 4 rings (SSSR count). The summed E-state index contributed by atoms with van der Waals surface area (Å²) in [7, 11) is 0. The Kier molecular flexibility index (Phi) is 15.7. The predicted octanol–water partition coefficient (Wildman–Crippen LogP) is 7.88. The van der Waals surface area contributed by atoms with Gasteiger partial charge in [0.15, 0.2) is 11.6 Å². The summed E-state index contributed by atoms with van der Waals surface area (Å²) in [6.45, 7) is 29.1. The first-order valence-electron chi connectivity index (χ1n) is 15.7. The minimum absolute atomic E-state index is 0. The lowest BCUT2D eigenvalue weighted by atomic mass is 9.89. The molecule has 7 heteroatoms. The summed E-state index contributed by atoms with van der Waals surface area (Å²) >= 11 is 0. The summed E-state index contributed by atoms with van der Waals surface area (Å²) in [5, 5.41) is 6.92. The molecular formula is C34H62N2O5. The van der Waals surface area contributed by atoms with Crippen molar-refractivity contribution in [2.45, 2.75) is 134 Å². The van der Waals surface area contributed by atoms with Gasteiger partial charge in [-0.1, -0.05) is 68.4 Å². The number of nitrogens with zero attached hydrogens (tertiary/aromatic N) is 1. The predicted molar refractivity (Wildman–Crippen MR) is 169 cm³/mol. The third-order valence-electron chi connectivity index (χ3n) is 9.07. The third kappa shape index (κ3) is 10.7. The largest absolute Gasteiger partial charge is 0.368 e. The van der Waals surface area contributed by atoms with Gasteiger partial charge in [-0.3, -0.25) is 14.7 Å². The lowest BCUT2D eigenvalue weighted by molar-refractivity contribution is -0.128. The minimum Gasteiger partial charge on any atom is -0.368 e. The molecule has 238 valence electrons. The van der Waals surface area contributed by atoms with Gasteiger partial charge in [0.2, 0.25) is 0 Å². The van der Waals surface area contributed by atoms with Crippen molar-refractivity contribution in [2.75, 3.05) is 0 Å². The highest BCUT2D eigenvalue weighted by Crippen LogP contribution is 2.40. The molecule has 0 radical (unpaired) electrons. The van der Waals surface area contributed by atoms with Crippen LogP contribution in [0, 0.1) is 41.4 Å². The molecule has 4 heterocycles. The van der Waals surface area contributed by atoms with Crippen molar-refractivity contribution < 1.29 is 25.2 Å². The van der Waals surface area contributed by atoms with Crippen molar-refractivity contribution in [2.24, 2.45) is 41.4 Å². The monoisotopic (exact) mass is 578 g/mol. The van der Waals surface area contributed by atoms with Gasteiger partial charge < -0.3 is 14.2 Å². The molecule has 3 saturated heterocycles. The van der Waals surface area contributed by atoms with Gasteiger partial charge in [0.05, 0.1) is 24.0 Å². The minimum atomic E-state index is -0.221. The Bertz CT molecular complexity index is 934. The fourth-order valence-electron chi connectivity index (χ4n) is 5.38. The van der Waals surface area contributed by atoms with Crippen LogP contribution in [-0.2, 0) is 23.8 Å². The van der Waals surface area contributed by atoms with E-state index in [2.05, 4.69) is 79.4 Å². The third-order valence-corrected chi connectivity index (χ3v) is 9.07. The molecule has 3 aliphatic rings. The first kappa shape index (κ1) is 37.2. The maximum absolute atomic E-state index is 11.5. The summed E-state index contributed by atoms with van der Waals surface area (Å²) in [5.74, 6) is 3.97. The molecule has 0 saturated carbocycles. The Hall–Kier alpha value is -1.83. The lowest BCUT2D eigenvalue weighted by Crippen LogP contribution is -2.24. The zero-order chi connectivity index (χ0) is 31.6. The van der Waals surface area contributed by atoms with E-state index in [0.717, 1.165) is 11.6 Å². The van der Waals surface area contributed by atoms with Crippen LogP contribution >= 0.6 is 0 Å². The quantitative estimate of drug-likeness (QED) is 0.366. The van der Waals surface area contributed by atoms with Crippen LogP contribution < -0.4 is 0 Å². The summed E-state index contributed by atoms with van der Waals surface area (Å²) < 4.78 is 17.0. The zero-order valence-electron chi connectivity index (χ0n) is 28.3. The molecule has 0 aliphatic carbocycles. The molecule has 3 fully saturated rings. The number of Topliss-reactive ketones (excluding diaryl/α,β-unsaturated/α-hetero) is 1. The van der Waals surface area contributed by atoms with Crippen molar-refractivity contribution in [3.63, 3.8) is 0 Å². The molecule has 41 heavy (non-hydrogen) atoms. The van der Waals surface area contributed by atoms with Gasteiger partial charge in [0.1, 0.15) is 18.3 Å². The van der Waals surface area contributed by atoms with Gasteiger partial charge >= 0.3 is 0 Å². The van der Waals surface area contributed by atoms with E-state index in [1.807, 2.05) is 26.8 Å². The smallest absolute Gasteiger partial charge is 0.184 e. The first-order chi connectivity index (χ1) is 19.0. The van der Waals surface area contributed by atoms with Crippen molar-refractivity contribution in [3.05, 3.63) is 30.1 Å². The molecule has 1 aromatic heterocycles. The number of allylic oxidation sites excluding steroid dienone is 1. The fourth-order valence-corrected chi connectivity index (χ4v) is 5.38. The van der Waals surface area contributed by atoms with Crippen molar-refractivity contribution in [1.82, 2.24) is 10.2 Å². The van der Waals surface area contributed by atoms with Crippen LogP contribution in [0.5, 0.6) is 0 Å². The van der Waals surface area contributed by atoms with Gasteiger partial charge in [-0.15, -0.1) is 0 Å². The van der Waals surface area contributed by atoms with E-state index in [-0.39, 0.29) is 43.5 Å². The van der Waals surface area contributed by atoms with Crippen molar-refractivity contribution in [1.29, 1.82) is 0 Å². The molecule has 1 aromatic rings. The summed E-state index contributed by atoms with van der Waals surface area (Å²) in [6, 6.07) is 1.99. The van der Waals surface area contributed by atoms with Gasteiger partial charge in [-0.25, -0.2) is 0 Å². The fraction of sp³-hybridized carbons (Fsp3) is 0.794. The number of hydrogen-bond acceptors (Lipinski definition) is 6. The van der Waals surface area contributed by atoms with Crippen LogP contribution in [0.2, 0.25) is 0 Å². The standard InChI is InChI=1S/C11H18O2.C10H16N2O.C9H16O2.C4H10.H2/c1-5-6-10(12)11-8(3)7(2)9(4)13-11;1-6-7(2)10(13-8(6)3)9-4-5-11-12-9;1-5-6(2)9(7(3)10)11-8(5)4;1-4(2)3;/h5-9,11H,1-4H3;4-8,10H,1-3H3,(H,11,12);5-6,8-9H,1-4H3;4H,1-3H3;1H/b6-5+;;;;/t7-,8+,9+,11+;6-,7+,8+,10?;5-,6+,8+,9+;;/m111../s1. The highest BCUT2D eigenvalue weighted by Gasteiger charge is 2.40. The SMILES string of the molecule is C/C=C/C(=O)[C@H]1O[C@@H](C)[C@H](C)[C@@H]1C.CC(=O)[C@H]1O[C@@H](C)[C@H](C)[C@@H]1C.CC(C)C.C[C@H]1[C@H](C)OC(c2ccn[nH]2)[C@H]1C.[HH]. The number of hydrogen-bond donors (Lipinski definition) is 1. The zero-order valence-corrected chi connectivity index (χ0v) is 28.3. The molecule has 1 N–H and O–H groups in total. The summed E-state index contributed by atoms with van der Waals surface area (Å²) in [4.78, 5) is 22.6. The molecule has 3 aliphatic heterocycles. The molecule has 12 atom stereocenters. The number of H-pyrrole nitrogens is 1. The molecule has 7 nitrogen and oxygen atoms in total. The van der Waals surface area contributed by atoms with Crippen LogP contribution in [-0.4, -0.2) is 52.3 Å². The Balaban J connectivity index is 0.000000560. The first-order valence-corrected chi connectivity index (χ1v) is 15.7. The average Bonchev–Trinajstić information content (AvgIpc) is 3.64. The molecule has 0 bridgehead atoms. The van der Waals surface area contributed by atoms with Crippen LogP contribution in [0.15, 0.2) is 24.4 Å². The number of carbonyl (C=O) groups is 2. The van der Waals surface area contributed by atoms with E-state index >= 15 is 0 Å². The number of carbonyl (C=O) groups excluding carboxylic acids is 2. The number of ketones is 2. The van der Waals surface area contributed by atoms with Gasteiger partial charge in [-0.05, 0) is 88.2 Å². The highest BCUT2D eigenvalue weighted by atomic mass is 16.5. The second-order valence-corrected chi connectivity index (χ2v) is 13.2. The van der Waals surface area contributed by atoms with Crippen LogP contribution in [0.4, 0.5) is 0 Å². The second-order valence-electron chi connectivity index (χ2n) is 13.2. The number of aromatic nitrogens is 2. The maximum Gasteiger partial charge on any atom is 0.184 e. The molecule has 0 aromatic carbocycles. The highest BCUT2D eigenvalue weighted by molar-refractivity contribution is 5.93. The van der Waals surface area contributed by atoms with Crippen molar-refractivity contribution >= 4 is 11.6 Å². The molecule has 0 spiro atoms. The van der Waals surface area contributed by atoms with E-state index in [1.54, 1.807) is 25.3 Å². The van der Waals surface area contributed by atoms with Gasteiger partial charge in [0, 0.05) is 7.62 Å². The normalized spacial score (nSPS) is 38.0. The van der Waals surface area contributed by atoms with E-state index in [4.69, 9.17) is 14.2 Å². The Morgan fingerprint density at radius 1 is 0.780 bits per heavy atom. The van der Waals surface area contributed by atoms with E-state index in [0.29, 0.717) is 41.6 Å². The van der Waals surface area contributed by atoms with Crippen LogP contribution in [0.1, 0.15) is 110 Å².